The van der Waals surface area contributed by atoms with E-state index in [1.54, 1.807) is 42.5 Å². The molecule has 5 nitrogen and oxygen atoms in total. The number of halogens is 1. The maximum Gasteiger partial charge on any atom is 0.331 e. The monoisotopic (exact) mass is 360 g/mol. The molecule has 0 saturated carbocycles. The Morgan fingerprint density at radius 2 is 1.84 bits per heavy atom. The molecule has 6 heteroatoms. The van der Waals surface area contributed by atoms with Crippen LogP contribution in [0.5, 0.6) is 11.5 Å². The van der Waals surface area contributed by atoms with E-state index in [0.29, 0.717) is 27.6 Å². The fourth-order valence-electron chi connectivity index (χ4n) is 2.06. The molecule has 0 aliphatic rings. The zero-order valence-corrected chi connectivity index (χ0v) is 14.6. The average Bonchev–Trinajstić information content (AvgIpc) is 2.64. The number of methoxy groups -OCH3 is 2. The number of carbonyl (C=O) groups excluding carboxylic acids is 2. The summed E-state index contributed by atoms with van der Waals surface area (Å²) in [7, 11) is 2.97. The third-order valence-electron chi connectivity index (χ3n) is 3.36. The Morgan fingerprint density at radius 3 is 2.52 bits per heavy atom. The Balaban J connectivity index is 1.98. The number of hydrogen-bond donors (Lipinski definition) is 0. The van der Waals surface area contributed by atoms with Gasteiger partial charge in [-0.25, -0.2) is 4.79 Å². The van der Waals surface area contributed by atoms with Crippen LogP contribution in [0.15, 0.2) is 48.5 Å². The van der Waals surface area contributed by atoms with Crippen molar-refractivity contribution in [3.8, 4) is 11.5 Å². The van der Waals surface area contributed by atoms with Crippen LogP contribution in [0.4, 0.5) is 0 Å². The number of hydrogen-bond acceptors (Lipinski definition) is 5. The molecular weight excluding hydrogens is 344 g/mol. The number of ether oxygens (including phenoxy) is 3. The summed E-state index contributed by atoms with van der Waals surface area (Å²) < 4.78 is 15.2. The molecule has 2 aromatic carbocycles. The molecule has 0 aliphatic carbocycles. The Morgan fingerprint density at radius 1 is 1.08 bits per heavy atom. The molecule has 0 amide bonds. The quantitative estimate of drug-likeness (QED) is 0.427. The second kappa shape index (κ2) is 8.89. The largest absolute Gasteiger partial charge is 0.497 e. The zero-order chi connectivity index (χ0) is 18.2. The van der Waals surface area contributed by atoms with Crippen molar-refractivity contribution in [3.63, 3.8) is 0 Å². The molecule has 0 saturated heterocycles. The molecule has 130 valence electrons. The lowest BCUT2D eigenvalue weighted by molar-refractivity contribution is -0.136. The van der Waals surface area contributed by atoms with Gasteiger partial charge in [-0.15, -0.1) is 0 Å². The van der Waals surface area contributed by atoms with E-state index in [1.165, 1.54) is 26.4 Å². The number of ketones is 1. The smallest absolute Gasteiger partial charge is 0.331 e. The van der Waals surface area contributed by atoms with Crippen LogP contribution in [0.25, 0.3) is 6.08 Å². The molecule has 0 atom stereocenters. The molecule has 0 N–H and O–H groups in total. The Bertz CT molecular complexity index is 798. The van der Waals surface area contributed by atoms with Crippen LogP contribution in [0.2, 0.25) is 5.02 Å². The Kier molecular flexibility index (Phi) is 6.60. The third kappa shape index (κ3) is 5.09. The molecular formula is C19H17ClO5. The van der Waals surface area contributed by atoms with Crippen LogP contribution in [0.1, 0.15) is 15.9 Å². The van der Waals surface area contributed by atoms with Crippen molar-refractivity contribution in [2.24, 2.45) is 0 Å². The van der Waals surface area contributed by atoms with Gasteiger partial charge in [0.05, 0.1) is 19.8 Å². The van der Waals surface area contributed by atoms with Gasteiger partial charge >= 0.3 is 5.97 Å². The lowest BCUT2D eigenvalue weighted by Gasteiger charge is -2.09. The normalized spacial score (nSPS) is 10.5. The second-order valence-electron chi connectivity index (χ2n) is 4.95. The number of Topliss-reactive ketones (excluding diaryl/α,β-unsaturated/α-hetero) is 1. The first-order valence-electron chi connectivity index (χ1n) is 7.39. The fourth-order valence-corrected chi connectivity index (χ4v) is 2.26. The number of carbonyl (C=O) groups is 2. The van der Waals surface area contributed by atoms with Crippen molar-refractivity contribution >= 4 is 29.4 Å². The molecule has 0 aromatic heterocycles. The van der Waals surface area contributed by atoms with Crippen LogP contribution in [-0.4, -0.2) is 32.6 Å². The van der Waals surface area contributed by atoms with Gasteiger partial charge in [0.1, 0.15) is 11.5 Å². The van der Waals surface area contributed by atoms with Crippen molar-refractivity contribution in [1.82, 2.24) is 0 Å². The first-order chi connectivity index (χ1) is 12.0. The van der Waals surface area contributed by atoms with E-state index in [1.807, 2.05) is 0 Å². The summed E-state index contributed by atoms with van der Waals surface area (Å²) in [6.45, 7) is -0.394. The third-order valence-corrected chi connectivity index (χ3v) is 3.70. The van der Waals surface area contributed by atoms with Crippen LogP contribution in [-0.2, 0) is 9.53 Å². The highest BCUT2D eigenvalue weighted by Gasteiger charge is 2.15. The van der Waals surface area contributed by atoms with Crippen molar-refractivity contribution in [2.45, 2.75) is 0 Å². The predicted octanol–water partition coefficient (Wildman–Crippen LogP) is 3.80. The molecule has 0 radical (unpaired) electrons. The van der Waals surface area contributed by atoms with Crippen LogP contribution < -0.4 is 9.47 Å². The minimum atomic E-state index is -0.638. The molecule has 2 aromatic rings. The summed E-state index contributed by atoms with van der Waals surface area (Å²) in [4.78, 5) is 24.0. The van der Waals surface area contributed by atoms with Crippen LogP contribution in [0, 0.1) is 0 Å². The van der Waals surface area contributed by atoms with Crippen LogP contribution >= 0.6 is 11.6 Å². The van der Waals surface area contributed by atoms with Gasteiger partial charge in [-0.05, 0) is 29.8 Å². The maximum atomic E-state index is 12.2. The molecule has 0 unspecified atom stereocenters. The highest BCUT2D eigenvalue weighted by molar-refractivity contribution is 6.32. The number of rotatable bonds is 7. The van der Waals surface area contributed by atoms with E-state index in [9.17, 15) is 9.59 Å². The van der Waals surface area contributed by atoms with E-state index >= 15 is 0 Å². The van der Waals surface area contributed by atoms with E-state index in [-0.39, 0.29) is 5.78 Å². The molecule has 0 heterocycles. The average molecular weight is 361 g/mol. The summed E-state index contributed by atoms with van der Waals surface area (Å²) in [5.41, 5.74) is 0.996. The van der Waals surface area contributed by atoms with Gasteiger partial charge in [-0.2, -0.15) is 0 Å². The van der Waals surface area contributed by atoms with Gasteiger partial charge in [-0.1, -0.05) is 29.8 Å². The first-order valence-corrected chi connectivity index (χ1v) is 7.77. The van der Waals surface area contributed by atoms with Gasteiger partial charge in [0.15, 0.2) is 6.61 Å². The van der Waals surface area contributed by atoms with Gasteiger partial charge in [0, 0.05) is 17.2 Å². The van der Waals surface area contributed by atoms with E-state index in [2.05, 4.69) is 0 Å². The minimum absolute atomic E-state index is 0.311. The molecule has 0 fully saturated rings. The maximum absolute atomic E-state index is 12.2. The Labute approximate surface area is 150 Å². The molecule has 0 aliphatic heterocycles. The highest BCUT2D eigenvalue weighted by Crippen LogP contribution is 2.25. The number of benzene rings is 2. The second-order valence-corrected chi connectivity index (χ2v) is 5.36. The molecule has 0 spiro atoms. The summed E-state index contributed by atoms with van der Waals surface area (Å²) in [5, 5.41) is 0.519. The lowest BCUT2D eigenvalue weighted by Crippen LogP contribution is -2.13. The number of esters is 1. The zero-order valence-electron chi connectivity index (χ0n) is 13.8. The molecule has 25 heavy (non-hydrogen) atoms. The minimum Gasteiger partial charge on any atom is -0.497 e. The lowest BCUT2D eigenvalue weighted by atomic mass is 10.1. The topological polar surface area (TPSA) is 61.8 Å². The molecule has 0 bridgehead atoms. The van der Waals surface area contributed by atoms with E-state index in [4.69, 9.17) is 25.8 Å². The van der Waals surface area contributed by atoms with Crippen molar-refractivity contribution in [3.05, 3.63) is 64.7 Å². The SMILES string of the molecule is COc1ccc(C(=O)COC(=O)/C=C/c2ccccc2Cl)c(OC)c1. The predicted molar refractivity (Wildman–Crippen MR) is 95.3 cm³/mol. The van der Waals surface area contributed by atoms with Gasteiger partial charge in [0.2, 0.25) is 5.78 Å². The van der Waals surface area contributed by atoms with Gasteiger partial charge < -0.3 is 14.2 Å². The van der Waals surface area contributed by atoms with Gasteiger partial charge in [0.25, 0.3) is 0 Å². The van der Waals surface area contributed by atoms with Crippen molar-refractivity contribution in [1.29, 1.82) is 0 Å². The van der Waals surface area contributed by atoms with Crippen molar-refractivity contribution < 1.29 is 23.8 Å². The summed E-state index contributed by atoms with van der Waals surface area (Å²) in [5.74, 6) is -0.0974. The summed E-state index contributed by atoms with van der Waals surface area (Å²) >= 11 is 5.99. The molecule has 2 rings (SSSR count). The standard InChI is InChI=1S/C19H17ClO5/c1-23-14-8-9-15(18(11-14)24-2)17(21)12-25-19(22)10-7-13-5-3-4-6-16(13)20/h3-11H,12H2,1-2H3/b10-7+. The highest BCUT2D eigenvalue weighted by atomic mass is 35.5. The summed E-state index contributed by atoms with van der Waals surface area (Å²) in [6.07, 6.45) is 2.75. The van der Waals surface area contributed by atoms with Crippen molar-refractivity contribution in [2.75, 3.05) is 20.8 Å². The fraction of sp³-hybridized carbons (Fsp3) is 0.158. The van der Waals surface area contributed by atoms with E-state index in [0.717, 1.165) is 0 Å². The Hall–Kier alpha value is -2.79. The van der Waals surface area contributed by atoms with Gasteiger partial charge in [-0.3, -0.25) is 4.79 Å². The first kappa shape index (κ1) is 18.5. The van der Waals surface area contributed by atoms with E-state index < -0.39 is 12.6 Å². The van der Waals surface area contributed by atoms with Crippen LogP contribution in [0.3, 0.4) is 0 Å². The summed E-state index contributed by atoms with van der Waals surface area (Å²) in [6, 6.07) is 11.9.